The minimum absolute atomic E-state index is 0.0118. The fourth-order valence-corrected chi connectivity index (χ4v) is 4.73. The molecule has 2 amide bonds. The number of allylic oxidation sites excluding steroid dienone is 2. The largest absolute Gasteiger partial charge is 0.493 e. The second-order valence-corrected chi connectivity index (χ2v) is 8.43. The third-order valence-electron chi connectivity index (χ3n) is 6.64. The lowest BCUT2D eigenvalue weighted by molar-refractivity contribution is -0.142. The van der Waals surface area contributed by atoms with E-state index in [0.29, 0.717) is 19.5 Å². The van der Waals surface area contributed by atoms with Crippen LogP contribution in [0.15, 0.2) is 24.3 Å². The summed E-state index contributed by atoms with van der Waals surface area (Å²) in [7, 11) is 3.31. The highest BCUT2D eigenvalue weighted by Crippen LogP contribution is 2.35. The van der Waals surface area contributed by atoms with Crippen LogP contribution in [-0.2, 0) is 16.1 Å². The molecule has 1 aromatic carbocycles. The van der Waals surface area contributed by atoms with E-state index in [2.05, 4.69) is 22.8 Å². The normalized spacial score (nSPS) is 25.0. The van der Waals surface area contributed by atoms with Gasteiger partial charge in [0.1, 0.15) is 0 Å². The van der Waals surface area contributed by atoms with Crippen LogP contribution in [-0.4, -0.2) is 73.6 Å². The van der Waals surface area contributed by atoms with Crippen LogP contribution in [0.4, 0.5) is 0 Å². The lowest BCUT2D eigenvalue weighted by atomic mass is 9.85. The van der Waals surface area contributed by atoms with Gasteiger partial charge in [-0.2, -0.15) is 0 Å². The zero-order valence-electron chi connectivity index (χ0n) is 18.1. The molecule has 3 aliphatic rings. The van der Waals surface area contributed by atoms with Crippen molar-refractivity contribution in [1.29, 1.82) is 0 Å². The predicted octanol–water partition coefficient (Wildman–Crippen LogP) is 2.04. The number of ether oxygens (including phenoxy) is 2. The maximum atomic E-state index is 12.7. The fraction of sp³-hybridized carbons (Fsp3) is 0.565. The molecular formula is C23H31N3O4. The maximum absolute atomic E-state index is 12.7. The van der Waals surface area contributed by atoms with Gasteiger partial charge in [-0.05, 0) is 43.0 Å². The van der Waals surface area contributed by atoms with Crippen LogP contribution in [0.1, 0.15) is 24.0 Å². The second-order valence-electron chi connectivity index (χ2n) is 8.43. The van der Waals surface area contributed by atoms with Crippen LogP contribution in [0, 0.1) is 18.8 Å². The molecule has 2 aliphatic heterocycles. The number of carbonyl (C=O) groups excluding carboxylic acids is 2. The minimum Gasteiger partial charge on any atom is -0.493 e. The maximum Gasteiger partial charge on any atom is 0.234 e. The van der Waals surface area contributed by atoms with Gasteiger partial charge in [0, 0.05) is 32.7 Å². The number of aryl methyl sites for hydroxylation is 1. The molecule has 0 radical (unpaired) electrons. The van der Waals surface area contributed by atoms with Gasteiger partial charge in [-0.25, -0.2) is 0 Å². The van der Waals surface area contributed by atoms with E-state index in [-0.39, 0.29) is 23.7 Å². The Morgan fingerprint density at radius 2 is 1.40 bits per heavy atom. The van der Waals surface area contributed by atoms with Crippen LogP contribution in [0.2, 0.25) is 0 Å². The summed E-state index contributed by atoms with van der Waals surface area (Å²) in [5, 5.41) is 0. The summed E-state index contributed by atoms with van der Waals surface area (Å²) >= 11 is 0. The van der Waals surface area contributed by atoms with E-state index >= 15 is 0 Å². The molecule has 0 saturated carbocycles. The summed E-state index contributed by atoms with van der Waals surface area (Å²) in [6.45, 7) is 6.85. The third-order valence-corrected chi connectivity index (χ3v) is 6.64. The monoisotopic (exact) mass is 413 g/mol. The van der Waals surface area contributed by atoms with Gasteiger partial charge in [-0.15, -0.1) is 0 Å². The van der Waals surface area contributed by atoms with Crippen molar-refractivity contribution in [2.24, 2.45) is 11.8 Å². The number of carbonyl (C=O) groups is 2. The van der Waals surface area contributed by atoms with E-state index < -0.39 is 0 Å². The van der Waals surface area contributed by atoms with Gasteiger partial charge in [0.15, 0.2) is 11.5 Å². The van der Waals surface area contributed by atoms with Gasteiger partial charge in [0.05, 0.1) is 32.7 Å². The smallest absolute Gasteiger partial charge is 0.234 e. The molecule has 0 bridgehead atoms. The third kappa shape index (κ3) is 3.96. The summed E-state index contributed by atoms with van der Waals surface area (Å²) in [6.07, 6.45) is 5.46. The molecule has 0 unspecified atom stereocenters. The molecule has 1 aliphatic carbocycles. The molecular weight excluding hydrogens is 382 g/mol. The number of fused-ring (bicyclic) bond motifs is 1. The number of nitrogens with zero attached hydrogens (tertiary/aromatic N) is 3. The Bertz CT molecular complexity index is 819. The van der Waals surface area contributed by atoms with Gasteiger partial charge in [-0.3, -0.25) is 24.3 Å². The molecule has 2 fully saturated rings. The van der Waals surface area contributed by atoms with Gasteiger partial charge < -0.3 is 9.47 Å². The Labute approximate surface area is 178 Å². The Hall–Kier alpha value is -2.38. The molecule has 4 rings (SSSR count). The van der Waals surface area contributed by atoms with Gasteiger partial charge >= 0.3 is 0 Å². The summed E-state index contributed by atoms with van der Waals surface area (Å²) < 4.78 is 10.8. The first-order valence-electron chi connectivity index (χ1n) is 10.7. The Kier molecular flexibility index (Phi) is 6.11. The number of hydrogen-bond acceptors (Lipinski definition) is 6. The van der Waals surface area contributed by atoms with Gasteiger partial charge in [0.25, 0.3) is 0 Å². The average molecular weight is 414 g/mol. The highest BCUT2D eigenvalue weighted by molar-refractivity contribution is 6.05. The van der Waals surface area contributed by atoms with Crippen LogP contribution < -0.4 is 9.47 Å². The predicted molar refractivity (Wildman–Crippen MR) is 113 cm³/mol. The van der Waals surface area contributed by atoms with Crippen molar-refractivity contribution in [3.63, 3.8) is 0 Å². The van der Waals surface area contributed by atoms with E-state index in [0.717, 1.165) is 44.2 Å². The number of benzene rings is 1. The first-order valence-corrected chi connectivity index (χ1v) is 10.7. The zero-order valence-corrected chi connectivity index (χ0v) is 18.1. The van der Waals surface area contributed by atoms with Crippen molar-refractivity contribution >= 4 is 11.8 Å². The quantitative estimate of drug-likeness (QED) is 0.525. The Balaban J connectivity index is 1.33. The lowest BCUT2D eigenvalue weighted by Crippen LogP contribution is -2.51. The first kappa shape index (κ1) is 20.9. The van der Waals surface area contributed by atoms with Crippen LogP contribution >= 0.6 is 0 Å². The number of amides is 2. The van der Waals surface area contributed by atoms with E-state index in [1.165, 1.54) is 16.0 Å². The number of piperazine rings is 1. The molecule has 2 heterocycles. The topological polar surface area (TPSA) is 62.3 Å². The SMILES string of the molecule is COc1cc(C)c(CN2CCN(CN3C(=O)[C@H]4CC=CC[C@@H]4C3=O)CC2)cc1OC. The van der Waals surface area contributed by atoms with E-state index in [1.807, 2.05) is 18.2 Å². The summed E-state index contributed by atoms with van der Waals surface area (Å²) in [6, 6.07) is 4.07. The Morgan fingerprint density at radius 1 is 0.867 bits per heavy atom. The molecule has 162 valence electrons. The molecule has 2 saturated heterocycles. The number of methoxy groups -OCH3 is 2. The molecule has 0 N–H and O–H groups in total. The molecule has 2 atom stereocenters. The van der Waals surface area contributed by atoms with E-state index in [9.17, 15) is 9.59 Å². The van der Waals surface area contributed by atoms with Crippen molar-refractivity contribution in [2.75, 3.05) is 47.1 Å². The standard InChI is InChI=1S/C23H31N3O4/c1-16-12-20(29-2)21(30-3)13-17(16)14-24-8-10-25(11-9-24)15-26-22(27)18-6-4-5-7-19(18)23(26)28/h4-5,12-13,18-19H,6-11,14-15H2,1-3H3/t18-,19-/m0/s1. The van der Waals surface area contributed by atoms with E-state index in [1.54, 1.807) is 14.2 Å². The lowest BCUT2D eigenvalue weighted by Gasteiger charge is -2.36. The second kappa shape index (κ2) is 8.78. The summed E-state index contributed by atoms with van der Waals surface area (Å²) in [5.74, 6) is 1.24. The summed E-state index contributed by atoms with van der Waals surface area (Å²) in [5.41, 5.74) is 2.40. The molecule has 1 aromatic rings. The number of likely N-dealkylation sites (tertiary alicyclic amines) is 1. The van der Waals surface area contributed by atoms with Crippen molar-refractivity contribution < 1.29 is 19.1 Å². The number of imide groups is 1. The van der Waals surface area contributed by atoms with Gasteiger partial charge in [0.2, 0.25) is 11.8 Å². The van der Waals surface area contributed by atoms with Crippen molar-refractivity contribution in [3.05, 3.63) is 35.4 Å². The van der Waals surface area contributed by atoms with Crippen molar-refractivity contribution in [3.8, 4) is 11.5 Å². The molecule has 0 aromatic heterocycles. The fourth-order valence-electron chi connectivity index (χ4n) is 4.73. The summed E-state index contributed by atoms with van der Waals surface area (Å²) in [4.78, 5) is 31.5. The molecule has 30 heavy (non-hydrogen) atoms. The molecule has 0 spiro atoms. The van der Waals surface area contributed by atoms with E-state index in [4.69, 9.17) is 9.47 Å². The number of rotatable bonds is 6. The van der Waals surface area contributed by atoms with Crippen LogP contribution in [0.5, 0.6) is 11.5 Å². The first-order chi connectivity index (χ1) is 14.5. The average Bonchev–Trinajstić information content (AvgIpc) is 3.01. The van der Waals surface area contributed by atoms with Gasteiger partial charge in [-0.1, -0.05) is 12.2 Å². The molecule has 7 nitrogen and oxygen atoms in total. The molecule has 7 heteroatoms. The van der Waals surface area contributed by atoms with Crippen LogP contribution in [0.3, 0.4) is 0 Å². The number of hydrogen-bond donors (Lipinski definition) is 0. The van der Waals surface area contributed by atoms with Crippen LogP contribution in [0.25, 0.3) is 0 Å². The van der Waals surface area contributed by atoms with Crippen molar-refractivity contribution in [2.45, 2.75) is 26.3 Å². The highest BCUT2D eigenvalue weighted by Gasteiger charge is 2.47. The highest BCUT2D eigenvalue weighted by atomic mass is 16.5. The zero-order chi connectivity index (χ0) is 21.3. The Morgan fingerprint density at radius 3 is 1.97 bits per heavy atom. The van der Waals surface area contributed by atoms with Crippen molar-refractivity contribution in [1.82, 2.24) is 14.7 Å². The minimum atomic E-state index is -0.142.